The van der Waals surface area contributed by atoms with Gasteiger partial charge in [0.05, 0.1) is 11.4 Å². The number of thiophene rings is 1. The van der Waals surface area contributed by atoms with Gasteiger partial charge in [-0.25, -0.2) is 9.97 Å². The van der Waals surface area contributed by atoms with E-state index < -0.39 is 0 Å². The van der Waals surface area contributed by atoms with Gasteiger partial charge < -0.3 is 5.73 Å². The van der Waals surface area contributed by atoms with E-state index in [-0.39, 0.29) is 5.91 Å². The van der Waals surface area contributed by atoms with Crippen molar-refractivity contribution in [3.8, 4) is 11.3 Å². The number of thiazole rings is 1. The lowest BCUT2D eigenvalue weighted by Gasteiger charge is -2.00. The first-order valence-electron chi connectivity index (χ1n) is 8.51. The highest BCUT2D eigenvalue weighted by atomic mass is 32.1. The Kier molecular flexibility index (Phi) is 4.83. The van der Waals surface area contributed by atoms with Crippen LogP contribution in [0.1, 0.15) is 28.7 Å². The SMILES string of the molecule is CCCc1ccc2c(N)c(C(=O)Nc3nc(-c4cccnc4)cs3)sc2n1. The van der Waals surface area contributed by atoms with E-state index in [4.69, 9.17) is 5.73 Å². The summed E-state index contributed by atoms with van der Waals surface area (Å²) in [5, 5.41) is 6.07. The summed E-state index contributed by atoms with van der Waals surface area (Å²) in [7, 11) is 0. The molecular formula is C19H17N5OS2. The molecule has 4 heterocycles. The number of anilines is 2. The van der Waals surface area contributed by atoms with Gasteiger partial charge in [0.1, 0.15) is 9.71 Å². The molecular weight excluding hydrogens is 378 g/mol. The van der Waals surface area contributed by atoms with Gasteiger partial charge in [0, 0.05) is 34.4 Å². The van der Waals surface area contributed by atoms with Gasteiger partial charge in [-0.05, 0) is 30.7 Å². The molecule has 136 valence electrons. The molecule has 0 bridgehead atoms. The standard InChI is InChI=1S/C19H17N5OS2/c1-2-4-12-6-7-13-15(20)16(27-18(13)22-12)17(25)24-19-23-14(10-26-19)11-5-3-8-21-9-11/h3,5-10H,2,4,20H2,1H3,(H,23,24,25). The van der Waals surface area contributed by atoms with Crippen molar-refractivity contribution in [3.05, 3.63) is 52.6 Å². The number of aryl methyl sites for hydroxylation is 1. The molecule has 6 nitrogen and oxygen atoms in total. The van der Waals surface area contributed by atoms with Gasteiger partial charge in [-0.3, -0.25) is 15.1 Å². The summed E-state index contributed by atoms with van der Waals surface area (Å²) in [6.45, 7) is 2.11. The Labute approximate surface area is 164 Å². The predicted octanol–water partition coefficient (Wildman–Crippen LogP) is 4.60. The summed E-state index contributed by atoms with van der Waals surface area (Å²) in [5.74, 6) is -0.264. The molecule has 0 aliphatic rings. The van der Waals surface area contributed by atoms with Gasteiger partial charge in [-0.2, -0.15) is 0 Å². The third kappa shape index (κ3) is 3.54. The number of carbonyl (C=O) groups is 1. The Morgan fingerprint density at radius 3 is 2.93 bits per heavy atom. The van der Waals surface area contributed by atoms with Crippen molar-refractivity contribution in [2.75, 3.05) is 11.1 Å². The number of amides is 1. The lowest BCUT2D eigenvalue weighted by molar-refractivity contribution is 0.103. The quantitative estimate of drug-likeness (QED) is 0.515. The van der Waals surface area contributed by atoms with E-state index in [9.17, 15) is 4.79 Å². The van der Waals surface area contributed by atoms with Crippen molar-refractivity contribution in [3.63, 3.8) is 0 Å². The van der Waals surface area contributed by atoms with Gasteiger partial charge >= 0.3 is 0 Å². The molecule has 8 heteroatoms. The third-order valence-electron chi connectivity index (χ3n) is 4.05. The number of hydrogen-bond acceptors (Lipinski definition) is 7. The molecule has 0 saturated heterocycles. The summed E-state index contributed by atoms with van der Waals surface area (Å²) in [6, 6.07) is 7.69. The summed E-state index contributed by atoms with van der Waals surface area (Å²) in [5.41, 5.74) is 9.36. The van der Waals surface area contributed by atoms with Gasteiger partial charge in [0.25, 0.3) is 5.91 Å². The number of nitrogens with zero attached hydrogens (tertiary/aromatic N) is 3. The minimum Gasteiger partial charge on any atom is -0.397 e. The number of nitrogens with one attached hydrogen (secondary N) is 1. The second-order valence-electron chi connectivity index (χ2n) is 5.98. The van der Waals surface area contributed by atoms with Crippen LogP contribution in [0.2, 0.25) is 0 Å². The van der Waals surface area contributed by atoms with Crippen LogP contribution >= 0.6 is 22.7 Å². The molecule has 0 radical (unpaired) electrons. The number of rotatable bonds is 5. The fraction of sp³-hybridized carbons (Fsp3) is 0.158. The van der Waals surface area contributed by atoms with E-state index in [1.165, 1.54) is 22.7 Å². The van der Waals surface area contributed by atoms with Gasteiger partial charge in [0.15, 0.2) is 5.13 Å². The fourth-order valence-corrected chi connectivity index (χ4v) is 4.45. The summed E-state index contributed by atoms with van der Waals surface area (Å²) in [6.07, 6.45) is 5.38. The zero-order chi connectivity index (χ0) is 18.8. The minimum absolute atomic E-state index is 0.264. The Bertz CT molecular complexity index is 1100. The average Bonchev–Trinajstić information content (AvgIpc) is 3.27. The smallest absolute Gasteiger partial charge is 0.269 e. The number of nitrogen functional groups attached to an aromatic ring is 1. The Balaban J connectivity index is 1.58. The number of aromatic nitrogens is 3. The highest BCUT2D eigenvalue weighted by Crippen LogP contribution is 2.34. The van der Waals surface area contributed by atoms with Crippen molar-refractivity contribution in [2.24, 2.45) is 0 Å². The summed E-state index contributed by atoms with van der Waals surface area (Å²) in [4.78, 5) is 27.1. The molecule has 0 fully saturated rings. The van der Waals surface area contributed by atoms with Gasteiger partial charge in [0.2, 0.25) is 0 Å². The molecule has 0 aliphatic carbocycles. The summed E-state index contributed by atoms with van der Waals surface area (Å²) < 4.78 is 0. The monoisotopic (exact) mass is 395 g/mol. The molecule has 3 N–H and O–H groups in total. The van der Waals surface area contributed by atoms with Crippen molar-refractivity contribution >= 4 is 49.6 Å². The van der Waals surface area contributed by atoms with Crippen molar-refractivity contribution < 1.29 is 4.79 Å². The first-order valence-corrected chi connectivity index (χ1v) is 10.2. The van der Waals surface area contributed by atoms with Crippen LogP contribution in [-0.4, -0.2) is 20.9 Å². The topological polar surface area (TPSA) is 93.8 Å². The number of carbonyl (C=O) groups excluding carboxylic acids is 1. The number of pyridine rings is 2. The van der Waals surface area contributed by atoms with Crippen LogP contribution in [0.5, 0.6) is 0 Å². The second kappa shape index (κ2) is 7.42. The van der Waals surface area contributed by atoms with Gasteiger partial charge in [-0.15, -0.1) is 22.7 Å². The first-order chi connectivity index (χ1) is 13.2. The molecule has 0 atom stereocenters. The highest BCUT2D eigenvalue weighted by Gasteiger charge is 2.19. The first kappa shape index (κ1) is 17.6. The Hall–Kier alpha value is -2.84. The molecule has 0 unspecified atom stereocenters. The van der Waals surface area contributed by atoms with Gasteiger partial charge in [-0.1, -0.05) is 13.3 Å². The third-order valence-corrected chi connectivity index (χ3v) is 5.92. The van der Waals surface area contributed by atoms with Crippen LogP contribution in [0.15, 0.2) is 42.0 Å². The highest BCUT2D eigenvalue weighted by molar-refractivity contribution is 7.21. The molecule has 4 aromatic rings. The molecule has 1 amide bonds. The van der Waals surface area contributed by atoms with Crippen LogP contribution in [0.25, 0.3) is 21.5 Å². The number of fused-ring (bicyclic) bond motifs is 1. The number of hydrogen-bond donors (Lipinski definition) is 2. The predicted molar refractivity (Wildman–Crippen MR) is 111 cm³/mol. The van der Waals surface area contributed by atoms with E-state index in [0.717, 1.165) is 40.0 Å². The van der Waals surface area contributed by atoms with E-state index in [1.807, 2.05) is 29.6 Å². The Morgan fingerprint density at radius 1 is 1.26 bits per heavy atom. The minimum atomic E-state index is -0.264. The summed E-state index contributed by atoms with van der Waals surface area (Å²) >= 11 is 2.68. The number of nitrogens with two attached hydrogens (primary N) is 1. The van der Waals surface area contributed by atoms with E-state index in [1.54, 1.807) is 12.4 Å². The normalized spacial score (nSPS) is 11.0. The molecule has 0 spiro atoms. The van der Waals surface area contributed by atoms with Crippen LogP contribution in [-0.2, 0) is 6.42 Å². The molecule has 0 aliphatic heterocycles. The lowest BCUT2D eigenvalue weighted by Crippen LogP contribution is -2.11. The second-order valence-corrected chi connectivity index (χ2v) is 7.84. The fourth-order valence-electron chi connectivity index (χ4n) is 2.73. The van der Waals surface area contributed by atoms with E-state index in [2.05, 4.69) is 27.2 Å². The van der Waals surface area contributed by atoms with Crippen LogP contribution in [0.3, 0.4) is 0 Å². The molecule has 27 heavy (non-hydrogen) atoms. The van der Waals surface area contributed by atoms with Crippen LogP contribution in [0, 0.1) is 0 Å². The molecule has 4 aromatic heterocycles. The van der Waals surface area contributed by atoms with E-state index >= 15 is 0 Å². The van der Waals surface area contributed by atoms with E-state index in [0.29, 0.717) is 15.7 Å². The van der Waals surface area contributed by atoms with Crippen LogP contribution < -0.4 is 11.1 Å². The lowest BCUT2D eigenvalue weighted by atomic mass is 10.2. The van der Waals surface area contributed by atoms with Crippen molar-refractivity contribution in [2.45, 2.75) is 19.8 Å². The van der Waals surface area contributed by atoms with Crippen LogP contribution in [0.4, 0.5) is 10.8 Å². The zero-order valence-electron chi connectivity index (χ0n) is 14.6. The maximum absolute atomic E-state index is 12.7. The van der Waals surface area contributed by atoms with Crippen molar-refractivity contribution in [1.29, 1.82) is 0 Å². The van der Waals surface area contributed by atoms with Crippen molar-refractivity contribution in [1.82, 2.24) is 15.0 Å². The average molecular weight is 396 g/mol. The maximum atomic E-state index is 12.7. The molecule has 0 saturated carbocycles. The Morgan fingerprint density at radius 2 is 2.15 bits per heavy atom. The zero-order valence-corrected chi connectivity index (χ0v) is 16.2. The largest absolute Gasteiger partial charge is 0.397 e. The molecule has 4 rings (SSSR count). The maximum Gasteiger partial charge on any atom is 0.269 e. The molecule has 0 aromatic carbocycles.